The van der Waals surface area contributed by atoms with E-state index in [1.54, 1.807) is 6.92 Å². The Morgan fingerprint density at radius 3 is 2.41 bits per heavy atom. The van der Waals surface area contributed by atoms with E-state index in [-0.39, 0.29) is 17.3 Å². The molecule has 1 aliphatic rings. The number of carbonyl (C=O) groups is 1. The molecule has 17 heavy (non-hydrogen) atoms. The van der Waals surface area contributed by atoms with Crippen LogP contribution in [0.5, 0.6) is 0 Å². The van der Waals surface area contributed by atoms with Gasteiger partial charge < -0.3 is 4.90 Å². The lowest BCUT2D eigenvalue weighted by atomic mass is 10.3. The molecular weight excluding hydrogens is 260 g/mol. The van der Waals surface area contributed by atoms with Crippen molar-refractivity contribution in [3.63, 3.8) is 0 Å². The van der Waals surface area contributed by atoms with Gasteiger partial charge in [-0.3, -0.25) is 4.79 Å². The van der Waals surface area contributed by atoms with Crippen LogP contribution in [-0.2, 0) is 9.84 Å². The summed E-state index contributed by atoms with van der Waals surface area (Å²) in [5.74, 6) is 0.345. The fourth-order valence-corrected chi connectivity index (χ4v) is 3.96. The highest BCUT2D eigenvalue weighted by Crippen LogP contribution is 2.27. The zero-order valence-electron chi connectivity index (χ0n) is 9.76. The first kappa shape index (κ1) is 12.5. The lowest BCUT2D eigenvalue weighted by molar-refractivity contribution is 0.102. The van der Waals surface area contributed by atoms with E-state index in [0.717, 1.165) is 10.8 Å². The van der Waals surface area contributed by atoms with Crippen LogP contribution in [0.4, 0.5) is 5.13 Å². The molecule has 1 aromatic heterocycles. The summed E-state index contributed by atoms with van der Waals surface area (Å²) >= 11 is 1.34. The predicted octanol–water partition coefficient (Wildman–Crippen LogP) is 0.889. The summed E-state index contributed by atoms with van der Waals surface area (Å²) in [5, 5.41) is 0.752. The smallest absolute Gasteiger partial charge is 0.186 e. The van der Waals surface area contributed by atoms with Gasteiger partial charge in [0.2, 0.25) is 0 Å². The van der Waals surface area contributed by atoms with Crippen molar-refractivity contribution in [2.24, 2.45) is 0 Å². The Balaban J connectivity index is 2.19. The summed E-state index contributed by atoms with van der Waals surface area (Å²) in [6.45, 7) is 4.25. The number of anilines is 1. The number of carbonyl (C=O) groups excluding carboxylic acids is 1. The van der Waals surface area contributed by atoms with Crippen molar-refractivity contribution in [2.45, 2.75) is 13.8 Å². The van der Waals surface area contributed by atoms with Crippen LogP contribution in [0.25, 0.3) is 0 Å². The molecule has 0 amide bonds. The molecule has 2 rings (SSSR count). The third kappa shape index (κ3) is 2.66. The van der Waals surface area contributed by atoms with Crippen LogP contribution in [0.15, 0.2) is 0 Å². The average molecular weight is 274 g/mol. The summed E-state index contributed by atoms with van der Waals surface area (Å²) in [5.41, 5.74) is 0.728. The molecule has 0 bridgehead atoms. The topological polar surface area (TPSA) is 67.3 Å². The molecule has 0 atom stereocenters. The van der Waals surface area contributed by atoms with Gasteiger partial charge in [-0.1, -0.05) is 11.3 Å². The van der Waals surface area contributed by atoms with Gasteiger partial charge in [0.1, 0.15) is 0 Å². The molecule has 1 aromatic rings. The molecule has 0 unspecified atom stereocenters. The number of sulfone groups is 1. The Bertz CT molecular complexity index is 534. The van der Waals surface area contributed by atoms with Crippen LogP contribution in [0.3, 0.4) is 0 Å². The van der Waals surface area contributed by atoms with E-state index in [9.17, 15) is 13.2 Å². The van der Waals surface area contributed by atoms with Crippen LogP contribution >= 0.6 is 11.3 Å². The van der Waals surface area contributed by atoms with E-state index in [0.29, 0.717) is 18.0 Å². The summed E-state index contributed by atoms with van der Waals surface area (Å²) in [6.07, 6.45) is 0. The largest absolute Gasteiger partial charge is 0.346 e. The van der Waals surface area contributed by atoms with Gasteiger partial charge in [-0.2, -0.15) is 0 Å². The number of aryl methyl sites for hydroxylation is 1. The van der Waals surface area contributed by atoms with E-state index in [4.69, 9.17) is 0 Å². The molecular formula is C10H14N2O3S2. The average Bonchev–Trinajstić information content (AvgIpc) is 2.60. The van der Waals surface area contributed by atoms with E-state index in [1.807, 2.05) is 4.90 Å². The summed E-state index contributed by atoms with van der Waals surface area (Å²) in [4.78, 5) is 18.2. The van der Waals surface area contributed by atoms with Crippen molar-refractivity contribution in [3.8, 4) is 0 Å². The van der Waals surface area contributed by atoms with Gasteiger partial charge in [0.25, 0.3) is 0 Å². The molecule has 0 radical (unpaired) electrons. The Morgan fingerprint density at radius 1 is 1.35 bits per heavy atom. The maximum absolute atomic E-state index is 11.3. The lowest BCUT2D eigenvalue weighted by Gasteiger charge is -2.25. The van der Waals surface area contributed by atoms with E-state index >= 15 is 0 Å². The van der Waals surface area contributed by atoms with Gasteiger partial charge in [-0.05, 0) is 6.92 Å². The number of ketones is 1. The summed E-state index contributed by atoms with van der Waals surface area (Å²) < 4.78 is 22.6. The number of rotatable bonds is 2. The highest BCUT2D eigenvalue weighted by Gasteiger charge is 2.24. The standard InChI is InChI=1S/C10H14N2O3S2/c1-7-9(8(2)13)16-10(11-7)12-3-5-17(14,15)6-4-12/h3-6H2,1-2H3. The maximum Gasteiger partial charge on any atom is 0.186 e. The first-order valence-electron chi connectivity index (χ1n) is 5.33. The van der Waals surface area contributed by atoms with E-state index in [2.05, 4.69) is 4.98 Å². The minimum atomic E-state index is -2.88. The molecule has 7 heteroatoms. The van der Waals surface area contributed by atoms with Crippen LogP contribution in [0, 0.1) is 6.92 Å². The molecule has 1 saturated heterocycles. The van der Waals surface area contributed by atoms with Crippen LogP contribution < -0.4 is 4.90 Å². The zero-order valence-corrected chi connectivity index (χ0v) is 11.4. The molecule has 1 aliphatic heterocycles. The van der Waals surface area contributed by atoms with Crippen LogP contribution in [0.1, 0.15) is 22.3 Å². The van der Waals surface area contributed by atoms with Gasteiger partial charge >= 0.3 is 0 Å². The van der Waals surface area contributed by atoms with Crippen molar-refractivity contribution in [3.05, 3.63) is 10.6 Å². The van der Waals surface area contributed by atoms with Gasteiger partial charge in [-0.15, -0.1) is 0 Å². The Kier molecular flexibility index (Phi) is 3.22. The quantitative estimate of drug-likeness (QED) is 0.749. The van der Waals surface area contributed by atoms with Crippen LogP contribution in [0.2, 0.25) is 0 Å². The monoisotopic (exact) mass is 274 g/mol. The SMILES string of the molecule is CC(=O)c1sc(N2CCS(=O)(=O)CC2)nc1C. The molecule has 0 aromatic carbocycles. The van der Waals surface area contributed by atoms with Crippen molar-refractivity contribution in [2.75, 3.05) is 29.5 Å². The normalized spacial score (nSPS) is 19.3. The van der Waals surface area contributed by atoms with Crippen molar-refractivity contribution in [1.82, 2.24) is 4.98 Å². The second-order valence-electron chi connectivity index (χ2n) is 4.11. The highest BCUT2D eigenvalue weighted by atomic mass is 32.2. The summed E-state index contributed by atoms with van der Waals surface area (Å²) in [6, 6.07) is 0. The van der Waals surface area contributed by atoms with E-state index in [1.165, 1.54) is 18.3 Å². The Labute approximate surface area is 104 Å². The molecule has 0 aliphatic carbocycles. The molecule has 0 saturated carbocycles. The Morgan fingerprint density at radius 2 is 1.94 bits per heavy atom. The number of hydrogen-bond donors (Lipinski definition) is 0. The predicted molar refractivity (Wildman–Crippen MR) is 67.7 cm³/mol. The molecule has 0 N–H and O–H groups in total. The maximum atomic E-state index is 11.3. The van der Waals surface area contributed by atoms with E-state index < -0.39 is 9.84 Å². The first-order valence-corrected chi connectivity index (χ1v) is 7.96. The number of Topliss-reactive ketones (excluding diaryl/α,β-unsaturated/α-hetero) is 1. The summed E-state index contributed by atoms with van der Waals surface area (Å²) in [7, 11) is -2.88. The fraction of sp³-hybridized carbons (Fsp3) is 0.600. The Hall–Kier alpha value is -0.950. The molecule has 5 nitrogen and oxygen atoms in total. The fourth-order valence-electron chi connectivity index (χ4n) is 1.75. The minimum absolute atomic E-state index is 0.0101. The third-order valence-electron chi connectivity index (χ3n) is 2.72. The minimum Gasteiger partial charge on any atom is -0.346 e. The number of thiazole rings is 1. The van der Waals surface area contributed by atoms with Crippen molar-refractivity contribution >= 4 is 32.1 Å². The van der Waals surface area contributed by atoms with Gasteiger partial charge in [0, 0.05) is 20.0 Å². The van der Waals surface area contributed by atoms with Gasteiger partial charge in [-0.25, -0.2) is 13.4 Å². The molecule has 2 heterocycles. The second-order valence-corrected chi connectivity index (χ2v) is 7.39. The number of nitrogens with zero attached hydrogens (tertiary/aromatic N) is 2. The zero-order chi connectivity index (χ0) is 12.6. The van der Waals surface area contributed by atoms with Gasteiger partial charge in [0.15, 0.2) is 20.8 Å². The lowest BCUT2D eigenvalue weighted by Crippen LogP contribution is -2.40. The number of hydrogen-bond acceptors (Lipinski definition) is 6. The number of aromatic nitrogens is 1. The highest BCUT2D eigenvalue weighted by molar-refractivity contribution is 7.91. The second kappa shape index (κ2) is 4.38. The van der Waals surface area contributed by atoms with Gasteiger partial charge in [0.05, 0.1) is 22.1 Å². The molecule has 94 valence electrons. The third-order valence-corrected chi connectivity index (χ3v) is 5.65. The van der Waals surface area contributed by atoms with Crippen LogP contribution in [-0.4, -0.2) is 43.8 Å². The van der Waals surface area contributed by atoms with Crippen molar-refractivity contribution < 1.29 is 13.2 Å². The molecule has 0 spiro atoms. The van der Waals surface area contributed by atoms with Crippen molar-refractivity contribution in [1.29, 1.82) is 0 Å². The first-order chi connectivity index (χ1) is 7.89. The molecule has 1 fully saturated rings.